The molecule has 0 aromatic carbocycles. The van der Waals surface area contributed by atoms with Crippen LogP contribution >= 0.6 is 11.8 Å². The Morgan fingerprint density at radius 1 is 1.39 bits per heavy atom. The lowest BCUT2D eigenvalue weighted by Gasteiger charge is -2.43. The molecule has 1 aliphatic carbocycles. The van der Waals surface area contributed by atoms with Gasteiger partial charge in [0.2, 0.25) is 5.91 Å². The SMILES string of the molecule is CSCCNC(=O)CN1C(=O)N[C@@]2(C[C@@H](C)CC(C)(C)C2)C1=O. The summed E-state index contributed by atoms with van der Waals surface area (Å²) in [7, 11) is 0. The van der Waals surface area contributed by atoms with Gasteiger partial charge in [0.15, 0.2) is 0 Å². The van der Waals surface area contributed by atoms with E-state index in [4.69, 9.17) is 0 Å². The molecule has 1 spiro atoms. The lowest BCUT2D eigenvalue weighted by Crippen LogP contribution is -2.54. The molecule has 2 N–H and O–H groups in total. The van der Waals surface area contributed by atoms with E-state index in [1.54, 1.807) is 11.8 Å². The molecular formula is C16H27N3O3S. The molecule has 2 aliphatic rings. The third kappa shape index (κ3) is 4.00. The largest absolute Gasteiger partial charge is 0.354 e. The molecule has 23 heavy (non-hydrogen) atoms. The van der Waals surface area contributed by atoms with Gasteiger partial charge in [0, 0.05) is 12.3 Å². The van der Waals surface area contributed by atoms with Gasteiger partial charge in [-0.05, 0) is 36.9 Å². The zero-order chi connectivity index (χ0) is 17.3. The van der Waals surface area contributed by atoms with E-state index < -0.39 is 11.6 Å². The van der Waals surface area contributed by atoms with Crippen molar-refractivity contribution in [1.29, 1.82) is 0 Å². The van der Waals surface area contributed by atoms with Crippen LogP contribution < -0.4 is 10.6 Å². The standard InChI is InChI=1S/C16H27N3O3S/c1-11-7-15(2,3)10-16(8-11)13(21)19(14(22)18-16)9-12(20)17-5-6-23-4/h11H,5-10H2,1-4H3,(H,17,20)(H,18,22)/t11-,16+/m0/s1. The van der Waals surface area contributed by atoms with Crippen molar-refractivity contribution in [2.24, 2.45) is 11.3 Å². The first-order valence-corrected chi connectivity index (χ1v) is 9.48. The van der Waals surface area contributed by atoms with Crippen LogP contribution in [-0.4, -0.2) is 53.4 Å². The van der Waals surface area contributed by atoms with Crippen LogP contribution in [0.15, 0.2) is 0 Å². The number of carbonyl (C=O) groups excluding carboxylic acids is 3. The average molecular weight is 341 g/mol. The molecule has 1 heterocycles. The maximum absolute atomic E-state index is 12.9. The van der Waals surface area contributed by atoms with Gasteiger partial charge in [0.1, 0.15) is 12.1 Å². The topological polar surface area (TPSA) is 78.5 Å². The van der Waals surface area contributed by atoms with Crippen LogP contribution in [0.5, 0.6) is 0 Å². The summed E-state index contributed by atoms with van der Waals surface area (Å²) in [5.41, 5.74) is -0.838. The van der Waals surface area contributed by atoms with E-state index >= 15 is 0 Å². The molecule has 1 aliphatic heterocycles. The molecule has 2 rings (SSSR count). The summed E-state index contributed by atoms with van der Waals surface area (Å²) < 4.78 is 0. The van der Waals surface area contributed by atoms with E-state index in [-0.39, 0.29) is 23.8 Å². The monoisotopic (exact) mass is 341 g/mol. The summed E-state index contributed by atoms with van der Waals surface area (Å²) in [6.45, 7) is 6.71. The zero-order valence-electron chi connectivity index (χ0n) is 14.4. The molecule has 0 aromatic heterocycles. The number of imide groups is 1. The van der Waals surface area contributed by atoms with Crippen molar-refractivity contribution in [3.8, 4) is 0 Å². The van der Waals surface area contributed by atoms with Crippen LogP contribution in [0.25, 0.3) is 0 Å². The van der Waals surface area contributed by atoms with Gasteiger partial charge in [-0.15, -0.1) is 0 Å². The Morgan fingerprint density at radius 2 is 2.09 bits per heavy atom. The van der Waals surface area contributed by atoms with Crippen molar-refractivity contribution in [3.63, 3.8) is 0 Å². The Hall–Kier alpha value is -1.24. The second kappa shape index (κ2) is 6.71. The van der Waals surface area contributed by atoms with Gasteiger partial charge in [-0.3, -0.25) is 14.5 Å². The van der Waals surface area contributed by atoms with Crippen LogP contribution in [0, 0.1) is 11.3 Å². The first kappa shape index (κ1) is 18.1. The number of hydrogen-bond acceptors (Lipinski definition) is 4. The normalized spacial score (nSPS) is 29.7. The smallest absolute Gasteiger partial charge is 0.325 e. The van der Waals surface area contributed by atoms with Gasteiger partial charge in [-0.25, -0.2) is 4.79 Å². The molecule has 2 fully saturated rings. The fourth-order valence-corrected chi connectivity index (χ4v) is 4.45. The Labute approximate surface area is 142 Å². The average Bonchev–Trinajstić information content (AvgIpc) is 2.60. The molecule has 1 saturated heterocycles. The number of rotatable bonds is 5. The highest BCUT2D eigenvalue weighted by Gasteiger charge is 2.56. The first-order chi connectivity index (χ1) is 10.7. The Bertz CT molecular complexity index is 509. The molecule has 7 heteroatoms. The van der Waals surface area contributed by atoms with Gasteiger partial charge in [0.05, 0.1) is 0 Å². The Morgan fingerprint density at radius 3 is 2.70 bits per heavy atom. The number of nitrogens with zero attached hydrogens (tertiary/aromatic N) is 1. The fourth-order valence-electron chi connectivity index (χ4n) is 4.14. The highest BCUT2D eigenvalue weighted by molar-refractivity contribution is 7.98. The van der Waals surface area contributed by atoms with Crippen LogP contribution in [-0.2, 0) is 9.59 Å². The molecule has 0 unspecified atom stereocenters. The second-order valence-corrected chi connectivity index (χ2v) is 8.59. The number of hydrogen-bond donors (Lipinski definition) is 2. The fraction of sp³-hybridized carbons (Fsp3) is 0.812. The summed E-state index contributed by atoms with van der Waals surface area (Å²) in [4.78, 5) is 38.1. The summed E-state index contributed by atoms with van der Waals surface area (Å²) in [6.07, 6.45) is 4.26. The van der Waals surface area contributed by atoms with Crippen molar-refractivity contribution in [3.05, 3.63) is 0 Å². The van der Waals surface area contributed by atoms with Crippen molar-refractivity contribution >= 4 is 29.6 Å². The molecule has 0 bridgehead atoms. The summed E-state index contributed by atoms with van der Waals surface area (Å²) in [6, 6.07) is -0.445. The second-order valence-electron chi connectivity index (χ2n) is 7.60. The van der Waals surface area contributed by atoms with E-state index in [1.807, 2.05) is 6.26 Å². The van der Waals surface area contributed by atoms with Crippen molar-refractivity contribution < 1.29 is 14.4 Å². The minimum atomic E-state index is -0.836. The number of nitrogens with one attached hydrogen (secondary N) is 2. The van der Waals surface area contributed by atoms with Crippen LogP contribution in [0.3, 0.4) is 0 Å². The lowest BCUT2D eigenvalue weighted by atomic mass is 9.64. The van der Waals surface area contributed by atoms with Gasteiger partial charge >= 0.3 is 6.03 Å². The van der Waals surface area contributed by atoms with Crippen molar-refractivity contribution in [2.45, 2.75) is 45.6 Å². The van der Waals surface area contributed by atoms with Gasteiger partial charge < -0.3 is 10.6 Å². The molecule has 4 amide bonds. The third-order valence-electron chi connectivity index (χ3n) is 4.55. The first-order valence-electron chi connectivity index (χ1n) is 8.09. The maximum atomic E-state index is 12.9. The molecule has 130 valence electrons. The van der Waals surface area contributed by atoms with Gasteiger partial charge in [-0.2, -0.15) is 11.8 Å². The van der Waals surface area contributed by atoms with Gasteiger partial charge in [-0.1, -0.05) is 20.8 Å². The predicted molar refractivity (Wildman–Crippen MR) is 91.2 cm³/mol. The van der Waals surface area contributed by atoms with E-state index in [0.717, 1.165) is 17.1 Å². The molecule has 2 atom stereocenters. The number of amides is 4. The van der Waals surface area contributed by atoms with Crippen molar-refractivity contribution in [2.75, 3.05) is 25.1 Å². The summed E-state index contributed by atoms with van der Waals surface area (Å²) >= 11 is 1.63. The van der Waals surface area contributed by atoms with Crippen molar-refractivity contribution in [1.82, 2.24) is 15.5 Å². The lowest BCUT2D eigenvalue weighted by molar-refractivity contribution is -0.137. The minimum Gasteiger partial charge on any atom is -0.354 e. The quantitative estimate of drug-likeness (QED) is 0.588. The third-order valence-corrected chi connectivity index (χ3v) is 5.17. The van der Waals surface area contributed by atoms with Crippen LogP contribution in [0.2, 0.25) is 0 Å². The van der Waals surface area contributed by atoms with Gasteiger partial charge in [0.25, 0.3) is 5.91 Å². The number of carbonyl (C=O) groups is 3. The highest BCUT2D eigenvalue weighted by Crippen LogP contribution is 2.46. The number of thioether (sulfide) groups is 1. The van der Waals surface area contributed by atoms with Crippen LogP contribution in [0.1, 0.15) is 40.0 Å². The maximum Gasteiger partial charge on any atom is 0.325 e. The molecule has 0 radical (unpaired) electrons. The highest BCUT2D eigenvalue weighted by atomic mass is 32.2. The van der Waals surface area contributed by atoms with E-state index in [0.29, 0.717) is 25.3 Å². The van der Waals surface area contributed by atoms with E-state index in [1.165, 1.54) is 0 Å². The minimum absolute atomic E-state index is 0.00275. The predicted octanol–water partition coefficient (Wildman–Crippen LogP) is 1.60. The van der Waals surface area contributed by atoms with E-state index in [2.05, 4.69) is 31.4 Å². The summed E-state index contributed by atoms with van der Waals surface area (Å²) in [5, 5.41) is 5.62. The van der Waals surface area contributed by atoms with E-state index in [9.17, 15) is 14.4 Å². The molecule has 1 saturated carbocycles. The Balaban J connectivity index is 2.06. The summed E-state index contributed by atoms with van der Waals surface area (Å²) in [5.74, 6) is 0.629. The Kier molecular flexibility index (Phi) is 5.28. The molecule has 6 nitrogen and oxygen atoms in total. The van der Waals surface area contributed by atoms with Crippen LogP contribution in [0.4, 0.5) is 4.79 Å². The molecule has 0 aromatic rings. The zero-order valence-corrected chi connectivity index (χ0v) is 15.2. The number of urea groups is 1. The molecular weight excluding hydrogens is 314 g/mol.